The highest BCUT2D eigenvalue weighted by Crippen LogP contribution is 2.34. The quantitative estimate of drug-likeness (QED) is 0.869. The smallest absolute Gasteiger partial charge is 0.277 e. The first-order valence-corrected chi connectivity index (χ1v) is 7.89. The van der Waals surface area contributed by atoms with Gasteiger partial charge in [-0.05, 0) is 6.07 Å². The van der Waals surface area contributed by atoms with E-state index in [1.807, 2.05) is 29.3 Å². The van der Waals surface area contributed by atoms with Crippen molar-refractivity contribution in [1.82, 2.24) is 10.4 Å². The van der Waals surface area contributed by atoms with Crippen LogP contribution in [-0.4, -0.2) is 44.1 Å². The predicted molar refractivity (Wildman–Crippen MR) is 82.5 cm³/mol. The summed E-state index contributed by atoms with van der Waals surface area (Å²) in [4.78, 5) is 14.4. The summed E-state index contributed by atoms with van der Waals surface area (Å²) in [6, 6.07) is 7.83. The number of carbonyl (C=O) groups is 1. The van der Waals surface area contributed by atoms with Gasteiger partial charge in [0.15, 0.2) is 0 Å². The van der Waals surface area contributed by atoms with E-state index in [0.717, 1.165) is 36.3 Å². The maximum Gasteiger partial charge on any atom is 0.277 e. The Hall–Kier alpha value is -1.14. The first-order valence-electron chi connectivity index (χ1n) is 6.69. The number of nitrogens with zero attached hydrogens (tertiary/aromatic N) is 1. The Balaban J connectivity index is 1.77. The highest BCUT2D eigenvalue weighted by molar-refractivity contribution is 7.21. The molecule has 0 spiro atoms. The number of carbonyl (C=O) groups excluding carboxylic acids is 1. The molecule has 0 unspecified atom stereocenters. The van der Waals surface area contributed by atoms with Crippen LogP contribution in [-0.2, 0) is 0 Å². The molecule has 1 aliphatic rings. The minimum atomic E-state index is -0.101. The number of hydrogen-bond donors (Lipinski definition) is 2. The van der Waals surface area contributed by atoms with Crippen LogP contribution in [0.5, 0.6) is 0 Å². The largest absolute Gasteiger partial charge is 0.335 e. The molecule has 0 bridgehead atoms. The number of likely N-dealkylation sites (N-methyl/N-ethyl adjacent to an activating group) is 1. The molecule has 2 aromatic rings. The maximum absolute atomic E-state index is 12.4. The molecular formula is C14H17ClN3OS+. The highest BCUT2D eigenvalue weighted by atomic mass is 35.5. The molecule has 1 amide bonds. The van der Waals surface area contributed by atoms with Gasteiger partial charge in [-0.25, -0.2) is 5.01 Å². The van der Waals surface area contributed by atoms with Crippen LogP contribution in [0.3, 0.4) is 0 Å². The molecule has 1 aromatic heterocycles. The predicted octanol–water partition coefficient (Wildman–Crippen LogP) is 1.03. The van der Waals surface area contributed by atoms with Crippen molar-refractivity contribution in [3.05, 3.63) is 34.2 Å². The standard InChI is InChI=1S/C14H16ClN3OS/c1-17-6-8-18(9-7-17)16-14(19)13-12(15)10-4-2-3-5-11(10)20-13/h2-5H,6-9H2,1H3,(H,16,19)/p+1. The molecule has 1 aliphatic heterocycles. The van der Waals surface area contributed by atoms with Crippen LogP contribution in [0.1, 0.15) is 9.67 Å². The number of amides is 1. The van der Waals surface area contributed by atoms with Gasteiger partial charge in [0.05, 0.1) is 38.2 Å². The van der Waals surface area contributed by atoms with Crippen molar-refractivity contribution in [2.24, 2.45) is 0 Å². The molecule has 1 saturated heterocycles. The van der Waals surface area contributed by atoms with Gasteiger partial charge in [-0.3, -0.25) is 10.2 Å². The summed E-state index contributed by atoms with van der Waals surface area (Å²) in [5.74, 6) is -0.101. The lowest BCUT2D eigenvalue weighted by molar-refractivity contribution is -0.884. The van der Waals surface area contributed by atoms with Crippen molar-refractivity contribution in [2.45, 2.75) is 0 Å². The van der Waals surface area contributed by atoms with E-state index in [0.29, 0.717) is 9.90 Å². The number of thiophene rings is 1. The minimum Gasteiger partial charge on any atom is -0.335 e. The highest BCUT2D eigenvalue weighted by Gasteiger charge is 2.22. The molecule has 2 N–H and O–H groups in total. The zero-order valence-corrected chi connectivity index (χ0v) is 12.9. The molecule has 2 heterocycles. The van der Waals surface area contributed by atoms with Crippen LogP contribution < -0.4 is 10.3 Å². The van der Waals surface area contributed by atoms with Crippen molar-refractivity contribution >= 4 is 38.9 Å². The third-order valence-electron chi connectivity index (χ3n) is 3.62. The van der Waals surface area contributed by atoms with Gasteiger partial charge in [0, 0.05) is 10.1 Å². The number of nitrogens with one attached hydrogen (secondary N) is 2. The Labute approximate surface area is 126 Å². The number of halogens is 1. The van der Waals surface area contributed by atoms with Crippen LogP contribution in [0.2, 0.25) is 5.02 Å². The Kier molecular flexibility index (Phi) is 3.94. The van der Waals surface area contributed by atoms with E-state index >= 15 is 0 Å². The lowest BCUT2D eigenvalue weighted by Gasteiger charge is -2.29. The molecule has 1 aromatic carbocycles. The van der Waals surface area contributed by atoms with Gasteiger partial charge in [0.1, 0.15) is 4.88 Å². The Morgan fingerprint density at radius 3 is 2.75 bits per heavy atom. The Morgan fingerprint density at radius 1 is 1.35 bits per heavy atom. The third-order valence-corrected chi connectivity index (χ3v) is 5.29. The topological polar surface area (TPSA) is 36.8 Å². The van der Waals surface area contributed by atoms with Gasteiger partial charge in [-0.15, -0.1) is 11.3 Å². The molecule has 4 nitrogen and oxygen atoms in total. The molecule has 0 aliphatic carbocycles. The van der Waals surface area contributed by atoms with Crippen LogP contribution in [0.4, 0.5) is 0 Å². The van der Waals surface area contributed by atoms with Crippen molar-refractivity contribution in [2.75, 3.05) is 33.2 Å². The van der Waals surface area contributed by atoms with Crippen molar-refractivity contribution in [1.29, 1.82) is 0 Å². The zero-order valence-electron chi connectivity index (χ0n) is 11.3. The van der Waals surface area contributed by atoms with Gasteiger partial charge in [0.2, 0.25) is 0 Å². The molecule has 0 radical (unpaired) electrons. The van der Waals surface area contributed by atoms with Crippen molar-refractivity contribution < 1.29 is 9.69 Å². The SMILES string of the molecule is C[NH+]1CCN(NC(=O)c2sc3ccccc3c2Cl)CC1. The van der Waals surface area contributed by atoms with E-state index < -0.39 is 0 Å². The molecule has 20 heavy (non-hydrogen) atoms. The van der Waals surface area contributed by atoms with E-state index in [1.165, 1.54) is 16.2 Å². The number of rotatable bonds is 2. The van der Waals surface area contributed by atoms with Gasteiger partial charge in [0.25, 0.3) is 5.91 Å². The van der Waals surface area contributed by atoms with E-state index in [9.17, 15) is 4.79 Å². The second-order valence-electron chi connectivity index (χ2n) is 5.13. The zero-order chi connectivity index (χ0) is 14.1. The number of benzene rings is 1. The van der Waals surface area contributed by atoms with Crippen LogP contribution in [0.25, 0.3) is 10.1 Å². The summed E-state index contributed by atoms with van der Waals surface area (Å²) < 4.78 is 1.05. The molecule has 0 saturated carbocycles. The third kappa shape index (κ3) is 2.67. The summed E-state index contributed by atoms with van der Waals surface area (Å²) in [5.41, 5.74) is 2.96. The first-order chi connectivity index (χ1) is 9.65. The molecule has 106 valence electrons. The summed E-state index contributed by atoms with van der Waals surface area (Å²) in [6.45, 7) is 3.83. The number of piperazine rings is 1. The molecule has 6 heteroatoms. The van der Waals surface area contributed by atoms with Gasteiger partial charge in [-0.1, -0.05) is 29.8 Å². The fraction of sp³-hybridized carbons (Fsp3) is 0.357. The first kappa shape index (κ1) is 13.8. The summed E-state index contributed by atoms with van der Waals surface area (Å²) in [6.07, 6.45) is 0. The minimum absolute atomic E-state index is 0.101. The lowest BCUT2D eigenvalue weighted by atomic mass is 10.2. The fourth-order valence-corrected chi connectivity index (χ4v) is 3.76. The second-order valence-corrected chi connectivity index (χ2v) is 6.56. The monoisotopic (exact) mass is 310 g/mol. The molecule has 3 rings (SSSR count). The summed E-state index contributed by atoms with van der Waals surface area (Å²) in [5, 5.41) is 3.49. The Bertz CT molecular complexity index is 634. The van der Waals surface area contributed by atoms with Gasteiger partial charge >= 0.3 is 0 Å². The molecule has 1 fully saturated rings. The van der Waals surface area contributed by atoms with E-state index in [1.54, 1.807) is 0 Å². The summed E-state index contributed by atoms with van der Waals surface area (Å²) >= 11 is 7.77. The fourth-order valence-electron chi connectivity index (χ4n) is 2.35. The average Bonchev–Trinajstić information content (AvgIpc) is 2.79. The average molecular weight is 311 g/mol. The van der Waals surface area contributed by atoms with Crippen molar-refractivity contribution in [3.8, 4) is 0 Å². The van der Waals surface area contributed by atoms with E-state index in [2.05, 4.69) is 12.5 Å². The van der Waals surface area contributed by atoms with Gasteiger partial charge < -0.3 is 4.90 Å². The van der Waals surface area contributed by atoms with Crippen LogP contribution in [0.15, 0.2) is 24.3 Å². The molecular weight excluding hydrogens is 294 g/mol. The second kappa shape index (κ2) is 5.69. The normalized spacial score (nSPS) is 17.5. The lowest BCUT2D eigenvalue weighted by Crippen LogP contribution is -3.12. The van der Waals surface area contributed by atoms with Gasteiger partial charge in [-0.2, -0.15) is 0 Å². The summed E-state index contributed by atoms with van der Waals surface area (Å²) in [7, 11) is 2.17. The number of hydrazine groups is 1. The number of fused-ring (bicyclic) bond motifs is 1. The molecule has 0 atom stereocenters. The van der Waals surface area contributed by atoms with E-state index in [4.69, 9.17) is 11.6 Å². The van der Waals surface area contributed by atoms with Crippen LogP contribution >= 0.6 is 22.9 Å². The van der Waals surface area contributed by atoms with E-state index in [-0.39, 0.29) is 5.91 Å². The Morgan fingerprint density at radius 2 is 2.05 bits per heavy atom. The maximum atomic E-state index is 12.4. The number of quaternary nitrogens is 1. The number of hydrogen-bond acceptors (Lipinski definition) is 3. The van der Waals surface area contributed by atoms with Crippen molar-refractivity contribution in [3.63, 3.8) is 0 Å². The van der Waals surface area contributed by atoms with Crippen LogP contribution in [0, 0.1) is 0 Å².